The predicted octanol–water partition coefficient (Wildman–Crippen LogP) is 4.67. The highest BCUT2D eigenvalue weighted by molar-refractivity contribution is 6.31. The molecule has 0 atom stereocenters. The van der Waals surface area contributed by atoms with E-state index in [2.05, 4.69) is 0 Å². The van der Waals surface area contributed by atoms with Crippen LogP contribution in [0.25, 0.3) is 10.8 Å². The van der Waals surface area contributed by atoms with Gasteiger partial charge in [-0.15, -0.1) is 0 Å². The van der Waals surface area contributed by atoms with Gasteiger partial charge in [0.2, 0.25) is 11.5 Å². The summed E-state index contributed by atoms with van der Waals surface area (Å²) in [4.78, 5) is 12.6. The van der Waals surface area contributed by atoms with Crippen LogP contribution in [-0.2, 0) is 11.2 Å². The van der Waals surface area contributed by atoms with Crippen molar-refractivity contribution in [2.75, 3.05) is 14.2 Å². The van der Waals surface area contributed by atoms with Gasteiger partial charge in [0, 0.05) is 15.8 Å². The topological polar surface area (TPSA) is 65.0 Å². The van der Waals surface area contributed by atoms with Crippen LogP contribution in [0.4, 0.5) is 0 Å². The fourth-order valence-electron chi connectivity index (χ4n) is 2.96. The second kappa shape index (κ2) is 7.76. The number of fused-ring (bicyclic) bond motifs is 1. The molecule has 140 valence electrons. The molecule has 0 amide bonds. The van der Waals surface area contributed by atoms with E-state index in [1.54, 1.807) is 18.2 Å². The van der Waals surface area contributed by atoms with Gasteiger partial charge in [-0.1, -0.05) is 35.9 Å². The van der Waals surface area contributed by atoms with E-state index in [9.17, 15) is 9.90 Å². The number of methoxy groups -OCH3 is 2. The summed E-state index contributed by atoms with van der Waals surface area (Å²) in [5, 5.41) is 11.8. The minimum Gasteiger partial charge on any atom is -0.504 e. The molecule has 0 saturated carbocycles. The minimum absolute atomic E-state index is 0.0750. The normalized spacial score (nSPS) is 10.7. The Bertz CT molecular complexity index is 1010. The van der Waals surface area contributed by atoms with Crippen molar-refractivity contribution in [1.82, 2.24) is 0 Å². The lowest BCUT2D eigenvalue weighted by Gasteiger charge is -2.17. The van der Waals surface area contributed by atoms with Gasteiger partial charge in [0.25, 0.3) is 0 Å². The number of rotatable bonds is 5. The third-order valence-electron chi connectivity index (χ3n) is 4.33. The molecule has 3 aromatic rings. The molecule has 6 heteroatoms. The number of hydrogen-bond donors (Lipinski definition) is 1. The van der Waals surface area contributed by atoms with Crippen molar-refractivity contribution in [1.29, 1.82) is 0 Å². The number of aromatic hydroxyl groups is 1. The van der Waals surface area contributed by atoms with E-state index >= 15 is 0 Å². The van der Waals surface area contributed by atoms with E-state index in [0.29, 0.717) is 15.8 Å². The lowest BCUT2D eigenvalue weighted by Crippen LogP contribution is -2.13. The molecule has 0 unspecified atom stereocenters. The van der Waals surface area contributed by atoms with Crippen molar-refractivity contribution in [2.24, 2.45) is 0 Å². The lowest BCUT2D eigenvalue weighted by molar-refractivity contribution is -0.133. The van der Waals surface area contributed by atoms with Crippen molar-refractivity contribution in [3.63, 3.8) is 0 Å². The Morgan fingerprint density at radius 1 is 1.00 bits per heavy atom. The number of hydrogen-bond acceptors (Lipinski definition) is 5. The average Bonchev–Trinajstić information content (AvgIpc) is 2.65. The van der Waals surface area contributed by atoms with Gasteiger partial charge < -0.3 is 19.3 Å². The maximum Gasteiger partial charge on any atom is 0.315 e. The molecule has 27 heavy (non-hydrogen) atoms. The lowest BCUT2D eigenvalue weighted by atomic mass is 10.1. The van der Waals surface area contributed by atoms with Gasteiger partial charge in [-0.25, -0.2) is 0 Å². The summed E-state index contributed by atoms with van der Waals surface area (Å²) < 4.78 is 16.3. The van der Waals surface area contributed by atoms with Crippen LogP contribution in [0.15, 0.2) is 42.5 Å². The van der Waals surface area contributed by atoms with Gasteiger partial charge in [0.15, 0.2) is 11.5 Å². The van der Waals surface area contributed by atoms with Gasteiger partial charge in [0.05, 0.1) is 20.6 Å². The summed E-state index contributed by atoms with van der Waals surface area (Å²) in [7, 11) is 2.81. The number of carbonyl (C=O) groups excluding carboxylic acids is 1. The van der Waals surface area contributed by atoms with Crippen LogP contribution in [0.1, 0.15) is 11.1 Å². The SMILES string of the molecule is COc1c(OC)c(OC(=O)Cc2ccccc2C)c2ccc(Cl)cc2c1O. The number of ether oxygens (including phenoxy) is 3. The van der Waals surface area contributed by atoms with Crippen molar-refractivity contribution in [3.05, 3.63) is 58.6 Å². The van der Waals surface area contributed by atoms with Crippen LogP contribution in [-0.4, -0.2) is 25.3 Å². The van der Waals surface area contributed by atoms with E-state index in [1.165, 1.54) is 14.2 Å². The summed E-state index contributed by atoms with van der Waals surface area (Å²) in [5.41, 5.74) is 1.88. The molecule has 1 N–H and O–H groups in total. The number of phenolic OH excluding ortho intramolecular Hbond substituents is 1. The van der Waals surface area contributed by atoms with E-state index in [1.807, 2.05) is 31.2 Å². The molecule has 3 aromatic carbocycles. The smallest absolute Gasteiger partial charge is 0.315 e. The zero-order valence-corrected chi connectivity index (χ0v) is 16.0. The van der Waals surface area contributed by atoms with Crippen molar-refractivity contribution >= 4 is 28.3 Å². The monoisotopic (exact) mass is 386 g/mol. The Hall–Kier alpha value is -2.92. The zero-order valence-electron chi connectivity index (χ0n) is 15.2. The van der Waals surface area contributed by atoms with Gasteiger partial charge in [-0.05, 0) is 36.2 Å². The molecule has 0 aliphatic heterocycles. The Balaban J connectivity index is 2.08. The van der Waals surface area contributed by atoms with Crippen molar-refractivity contribution < 1.29 is 24.1 Å². The highest BCUT2D eigenvalue weighted by Gasteiger charge is 2.24. The van der Waals surface area contributed by atoms with Gasteiger partial charge in [-0.3, -0.25) is 4.79 Å². The van der Waals surface area contributed by atoms with Crippen LogP contribution >= 0.6 is 11.6 Å². The van der Waals surface area contributed by atoms with Crippen LogP contribution in [0, 0.1) is 6.92 Å². The highest BCUT2D eigenvalue weighted by atomic mass is 35.5. The number of phenols is 1. The highest BCUT2D eigenvalue weighted by Crippen LogP contribution is 2.50. The Labute approximate surface area is 162 Å². The minimum atomic E-state index is -0.452. The third kappa shape index (κ3) is 3.64. The molecular weight excluding hydrogens is 368 g/mol. The molecule has 0 aliphatic rings. The Morgan fingerprint density at radius 3 is 2.37 bits per heavy atom. The second-order valence-corrected chi connectivity index (χ2v) is 6.45. The van der Waals surface area contributed by atoms with E-state index in [0.717, 1.165) is 11.1 Å². The van der Waals surface area contributed by atoms with E-state index in [4.69, 9.17) is 25.8 Å². The molecule has 3 rings (SSSR count). The van der Waals surface area contributed by atoms with E-state index < -0.39 is 5.97 Å². The average molecular weight is 387 g/mol. The van der Waals surface area contributed by atoms with Crippen molar-refractivity contribution in [3.8, 4) is 23.0 Å². The second-order valence-electron chi connectivity index (χ2n) is 6.01. The largest absolute Gasteiger partial charge is 0.504 e. The van der Waals surface area contributed by atoms with Gasteiger partial charge >= 0.3 is 5.97 Å². The van der Waals surface area contributed by atoms with Crippen LogP contribution in [0.5, 0.6) is 23.0 Å². The molecule has 0 spiro atoms. The fourth-order valence-corrected chi connectivity index (χ4v) is 3.13. The molecule has 0 saturated heterocycles. The summed E-state index contributed by atoms with van der Waals surface area (Å²) in [6.45, 7) is 1.93. The Morgan fingerprint density at radius 2 is 1.70 bits per heavy atom. The maximum atomic E-state index is 12.6. The first-order valence-electron chi connectivity index (χ1n) is 8.27. The summed E-state index contributed by atoms with van der Waals surface area (Å²) >= 11 is 6.05. The first kappa shape index (κ1) is 18.9. The Kier molecular flexibility index (Phi) is 5.42. The quantitative estimate of drug-likeness (QED) is 0.509. The zero-order chi connectivity index (χ0) is 19.6. The molecular formula is C21H19ClO5. The van der Waals surface area contributed by atoms with Crippen LogP contribution in [0.3, 0.4) is 0 Å². The molecule has 0 heterocycles. The summed E-state index contributed by atoms with van der Waals surface area (Å²) in [6, 6.07) is 12.5. The van der Waals surface area contributed by atoms with Crippen LogP contribution in [0.2, 0.25) is 5.02 Å². The number of benzene rings is 3. The molecule has 0 fully saturated rings. The van der Waals surface area contributed by atoms with E-state index in [-0.39, 0.29) is 29.4 Å². The molecule has 0 aromatic heterocycles. The first-order valence-corrected chi connectivity index (χ1v) is 8.65. The number of carbonyl (C=O) groups is 1. The number of halogens is 1. The predicted molar refractivity (Wildman–Crippen MR) is 104 cm³/mol. The number of aryl methyl sites for hydroxylation is 1. The van der Waals surface area contributed by atoms with Crippen molar-refractivity contribution in [2.45, 2.75) is 13.3 Å². The number of esters is 1. The molecule has 0 bridgehead atoms. The van der Waals surface area contributed by atoms with Gasteiger partial charge in [0.1, 0.15) is 0 Å². The fraction of sp³-hybridized carbons (Fsp3) is 0.190. The standard InChI is InChI=1S/C21H19ClO5/c1-12-6-4-5-7-13(12)10-17(23)27-19-15-9-8-14(22)11-16(15)18(24)20(25-2)21(19)26-3/h4-9,11,24H,10H2,1-3H3. The van der Waals surface area contributed by atoms with Crippen LogP contribution < -0.4 is 14.2 Å². The first-order chi connectivity index (χ1) is 13.0. The molecule has 0 radical (unpaired) electrons. The van der Waals surface area contributed by atoms with Gasteiger partial charge in [-0.2, -0.15) is 0 Å². The molecule has 5 nitrogen and oxygen atoms in total. The summed E-state index contributed by atoms with van der Waals surface area (Å²) in [5.74, 6) is -0.191. The third-order valence-corrected chi connectivity index (χ3v) is 4.56. The summed E-state index contributed by atoms with van der Waals surface area (Å²) in [6.07, 6.45) is 0.105. The maximum absolute atomic E-state index is 12.6. The molecule has 0 aliphatic carbocycles.